The molecule has 2 saturated carbocycles. The number of nitrogens with zero attached hydrogens (tertiary/aromatic N) is 1. The van der Waals surface area contributed by atoms with Crippen molar-refractivity contribution < 1.29 is 13.6 Å². The van der Waals surface area contributed by atoms with Crippen LogP contribution in [0, 0.1) is 17.6 Å². The summed E-state index contributed by atoms with van der Waals surface area (Å²) in [6, 6.07) is 3.85. The zero-order valence-electron chi connectivity index (χ0n) is 13.6. The third-order valence-electron chi connectivity index (χ3n) is 5.21. The molecule has 0 atom stereocenters. The van der Waals surface area contributed by atoms with Crippen molar-refractivity contribution in [1.29, 1.82) is 0 Å². The van der Waals surface area contributed by atoms with Gasteiger partial charge in [0.05, 0.1) is 0 Å². The van der Waals surface area contributed by atoms with Crippen LogP contribution in [0.4, 0.5) is 13.6 Å². The van der Waals surface area contributed by atoms with Crippen molar-refractivity contribution in [3.05, 3.63) is 35.4 Å². The molecule has 3 nitrogen and oxygen atoms in total. The van der Waals surface area contributed by atoms with Crippen LogP contribution in [0.15, 0.2) is 18.2 Å². The van der Waals surface area contributed by atoms with Crippen LogP contribution in [0.3, 0.4) is 0 Å². The second-order valence-corrected chi connectivity index (χ2v) is 7.07. The molecule has 0 bridgehead atoms. The lowest BCUT2D eigenvalue weighted by atomic mass is 9.78. The van der Waals surface area contributed by atoms with Gasteiger partial charge in [0.1, 0.15) is 11.6 Å². The molecule has 0 heterocycles. The third kappa shape index (κ3) is 3.48. The van der Waals surface area contributed by atoms with E-state index < -0.39 is 17.0 Å². The molecule has 0 aliphatic heterocycles. The van der Waals surface area contributed by atoms with Gasteiger partial charge in [0.25, 0.3) is 0 Å². The number of benzene rings is 1. The van der Waals surface area contributed by atoms with Gasteiger partial charge < -0.3 is 10.2 Å². The number of amides is 2. The van der Waals surface area contributed by atoms with Crippen molar-refractivity contribution >= 4 is 6.03 Å². The zero-order valence-corrected chi connectivity index (χ0v) is 13.6. The smallest absolute Gasteiger partial charge is 0.317 e. The Balaban J connectivity index is 1.72. The zero-order chi connectivity index (χ0) is 16.4. The molecule has 126 valence electrons. The minimum atomic E-state index is -0.620. The molecule has 0 unspecified atom stereocenters. The van der Waals surface area contributed by atoms with E-state index in [0.717, 1.165) is 19.4 Å². The van der Waals surface area contributed by atoms with Crippen LogP contribution in [-0.4, -0.2) is 31.1 Å². The molecule has 0 radical (unpaired) electrons. The molecule has 5 heteroatoms. The van der Waals surface area contributed by atoms with Gasteiger partial charge >= 0.3 is 6.03 Å². The predicted molar refractivity (Wildman–Crippen MR) is 85.3 cm³/mol. The molecule has 1 N–H and O–H groups in total. The normalized spacial score (nSPS) is 19.6. The fourth-order valence-electron chi connectivity index (χ4n) is 3.72. The predicted octanol–water partition coefficient (Wildman–Crippen LogP) is 3.83. The Morgan fingerprint density at radius 1 is 1.26 bits per heavy atom. The van der Waals surface area contributed by atoms with Crippen LogP contribution in [0.25, 0.3) is 0 Å². The highest BCUT2D eigenvalue weighted by molar-refractivity contribution is 5.74. The fourth-order valence-corrected chi connectivity index (χ4v) is 3.72. The Morgan fingerprint density at radius 2 is 1.87 bits per heavy atom. The summed E-state index contributed by atoms with van der Waals surface area (Å²) in [4.78, 5) is 13.9. The molecule has 2 aliphatic rings. The third-order valence-corrected chi connectivity index (χ3v) is 5.21. The van der Waals surface area contributed by atoms with Crippen LogP contribution in [0.5, 0.6) is 0 Å². The molecular formula is C18H24F2N2O. The van der Waals surface area contributed by atoms with Crippen molar-refractivity contribution in [2.45, 2.75) is 43.9 Å². The largest absolute Gasteiger partial charge is 0.337 e. The van der Waals surface area contributed by atoms with E-state index in [1.54, 1.807) is 11.9 Å². The SMILES string of the molecule is CN(CC1CC1)C(=O)NCC1(c2c(F)cccc2F)CCCC1. The summed E-state index contributed by atoms with van der Waals surface area (Å²) in [5.74, 6) is -0.393. The number of carbonyl (C=O) groups excluding carboxylic acids is 1. The van der Waals surface area contributed by atoms with Crippen LogP contribution in [0.2, 0.25) is 0 Å². The average molecular weight is 322 g/mol. The first-order chi connectivity index (χ1) is 11.0. The minimum absolute atomic E-state index is 0.141. The van der Waals surface area contributed by atoms with E-state index in [1.807, 2.05) is 0 Å². The van der Waals surface area contributed by atoms with Crippen molar-refractivity contribution in [2.75, 3.05) is 20.1 Å². The number of urea groups is 1. The average Bonchev–Trinajstić information content (AvgIpc) is 3.20. The minimum Gasteiger partial charge on any atom is -0.337 e. The number of nitrogens with one attached hydrogen (secondary N) is 1. The first-order valence-corrected chi connectivity index (χ1v) is 8.45. The van der Waals surface area contributed by atoms with E-state index in [4.69, 9.17) is 0 Å². The highest BCUT2D eigenvalue weighted by Gasteiger charge is 2.40. The topological polar surface area (TPSA) is 32.3 Å². The monoisotopic (exact) mass is 322 g/mol. The molecule has 0 aromatic heterocycles. The van der Waals surface area contributed by atoms with Gasteiger partial charge in [-0.05, 0) is 43.7 Å². The number of rotatable bonds is 5. The quantitative estimate of drug-likeness (QED) is 0.878. The number of hydrogen-bond donors (Lipinski definition) is 1. The Kier molecular flexibility index (Phi) is 4.55. The van der Waals surface area contributed by atoms with Crippen molar-refractivity contribution in [3.63, 3.8) is 0 Å². The summed E-state index contributed by atoms with van der Waals surface area (Å²) in [5, 5.41) is 2.90. The highest BCUT2D eigenvalue weighted by atomic mass is 19.1. The molecule has 23 heavy (non-hydrogen) atoms. The first-order valence-electron chi connectivity index (χ1n) is 8.45. The van der Waals surface area contributed by atoms with Crippen LogP contribution in [-0.2, 0) is 5.41 Å². The molecule has 1 aromatic rings. The molecule has 0 saturated heterocycles. The van der Waals surface area contributed by atoms with Crippen molar-refractivity contribution in [2.24, 2.45) is 5.92 Å². The second-order valence-electron chi connectivity index (χ2n) is 7.07. The lowest BCUT2D eigenvalue weighted by molar-refractivity contribution is 0.202. The summed E-state index contributed by atoms with van der Waals surface area (Å²) in [6.07, 6.45) is 5.64. The van der Waals surface area contributed by atoms with E-state index in [0.29, 0.717) is 25.3 Å². The number of carbonyl (C=O) groups is 1. The number of halogens is 2. The van der Waals surface area contributed by atoms with Gasteiger partial charge in [0, 0.05) is 31.1 Å². The maximum absolute atomic E-state index is 14.2. The van der Waals surface area contributed by atoms with Crippen LogP contribution >= 0.6 is 0 Å². The van der Waals surface area contributed by atoms with Gasteiger partial charge in [-0.25, -0.2) is 13.6 Å². The van der Waals surface area contributed by atoms with Crippen LogP contribution in [0.1, 0.15) is 44.1 Å². The first kappa shape index (κ1) is 16.2. The van der Waals surface area contributed by atoms with Gasteiger partial charge in [-0.3, -0.25) is 0 Å². The van der Waals surface area contributed by atoms with Gasteiger partial charge in [0.2, 0.25) is 0 Å². The maximum Gasteiger partial charge on any atom is 0.317 e. The fraction of sp³-hybridized carbons (Fsp3) is 0.611. The lowest BCUT2D eigenvalue weighted by Gasteiger charge is -2.31. The van der Waals surface area contributed by atoms with E-state index >= 15 is 0 Å². The van der Waals surface area contributed by atoms with Crippen molar-refractivity contribution in [3.8, 4) is 0 Å². The maximum atomic E-state index is 14.2. The molecule has 2 aliphatic carbocycles. The molecule has 2 amide bonds. The van der Waals surface area contributed by atoms with Gasteiger partial charge in [-0.15, -0.1) is 0 Å². The Morgan fingerprint density at radius 3 is 2.43 bits per heavy atom. The molecule has 2 fully saturated rings. The van der Waals surface area contributed by atoms with Gasteiger partial charge in [0.15, 0.2) is 0 Å². The number of hydrogen-bond acceptors (Lipinski definition) is 1. The highest BCUT2D eigenvalue weighted by Crippen LogP contribution is 2.42. The molecular weight excluding hydrogens is 298 g/mol. The lowest BCUT2D eigenvalue weighted by Crippen LogP contribution is -2.45. The van der Waals surface area contributed by atoms with E-state index in [2.05, 4.69) is 5.32 Å². The molecule has 0 spiro atoms. The second kappa shape index (κ2) is 6.46. The van der Waals surface area contributed by atoms with E-state index in [-0.39, 0.29) is 11.6 Å². The summed E-state index contributed by atoms with van der Waals surface area (Å²) >= 11 is 0. The Bertz CT molecular complexity index is 560. The molecule has 1 aromatic carbocycles. The van der Waals surface area contributed by atoms with Crippen LogP contribution < -0.4 is 5.32 Å². The summed E-state index contributed by atoms with van der Waals surface area (Å²) in [7, 11) is 1.78. The van der Waals surface area contributed by atoms with Crippen molar-refractivity contribution in [1.82, 2.24) is 10.2 Å². The van der Waals surface area contributed by atoms with Gasteiger partial charge in [-0.1, -0.05) is 18.9 Å². The van der Waals surface area contributed by atoms with E-state index in [9.17, 15) is 13.6 Å². The summed E-state index contributed by atoms with van der Waals surface area (Å²) in [5.41, 5.74) is -0.478. The Hall–Kier alpha value is -1.65. The molecule has 3 rings (SSSR count). The summed E-state index contributed by atoms with van der Waals surface area (Å²) < 4.78 is 28.5. The Labute approximate surface area is 136 Å². The van der Waals surface area contributed by atoms with E-state index in [1.165, 1.54) is 31.0 Å². The summed E-state index contributed by atoms with van der Waals surface area (Å²) in [6.45, 7) is 1.05. The standard InChI is InChI=1S/C18H24F2N2O/c1-22(11-13-7-8-13)17(23)21-12-18(9-2-3-10-18)16-14(19)5-4-6-15(16)20/h4-6,13H,2-3,7-12H2,1H3,(H,21,23). The van der Waals surface area contributed by atoms with Gasteiger partial charge in [-0.2, -0.15) is 0 Å².